The zero-order valence-electron chi connectivity index (χ0n) is 13.2. The maximum Gasteiger partial charge on any atom is 0.231 e. The van der Waals surface area contributed by atoms with Gasteiger partial charge in [0.05, 0.1) is 30.0 Å². The van der Waals surface area contributed by atoms with Gasteiger partial charge in [-0.05, 0) is 25.0 Å². The van der Waals surface area contributed by atoms with Crippen LogP contribution in [0, 0.1) is 11.2 Å². The summed E-state index contributed by atoms with van der Waals surface area (Å²) in [4.78, 5) is 29.2. The molecule has 6 nitrogen and oxygen atoms in total. The van der Waals surface area contributed by atoms with Crippen LogP contribution < -0.4 is 4.90 Å². The highest BCUT2D eigenvalue weighted by molar-refractivity contribution is 5.86. The molecule has 2 aromatic heterocycles. The molecular formula is C17H18FN5O. The molecule has 0 N–H and O–H groups in total. The van der Waals surface area contributed by atoms with E-state index in [0.717, 1.165) is 44.0 Å². The lowest BCUT2D eigenvalue weighted by molar-refractivity contribution is -0.135. The number of carbonyl (C=O) groups is 1. The molecule has 4 rings (SSSR count). The number of carbonyl (C=O) groups excluding carboxylic acids is 1. The number of anilines is 1. The van der Waals surface area contributed by atoms with Gasteiger partial charge in [-0.25, -0.2) is 14.4 Å². The molecule has 0 saturated carbocycles. The lowest BCUT2D eigenvalue weighted by atomic mass is 9.85. The molecule has 0 bridgehead atoms. The standard InChI is InChI=1S/C17H18FN5O/c18-13-9-20-16(21-10-13)23-8-5-17(12-23)4-7-22(15(17)24)11-14-3-1-2-6-19-14/h1-3,6,9-10H,4-5,7-8,11-12H2/t17-/m1/s1. The molecule has 0 unspecified atom stereocenters. The molecule has 0 aliphatic carbocycles. The molecule has 2 aliphatic heterocycles. The van der Waals surface area contributed by atoms with Crippen LogP contribution in [-0.2, 0) is 11.3 Å². The van der Waals surface area contributed by atoms with Gasteiger partial charge in [0.25, 0.3) is 0 Å². The molecule has 0 radical (unpaired) electrons. The van der Waals surface area contributed by atoms with Crippen LogP contribution >= 0.6 is 0 Å². The summed E-state index contributed by atoms with van der Waals surface area (Å²) in [6, 6.07) is 5.74. The van der Waals surface area contributed by atoms with E-state index in [2.05, 4.69) is 15.0 Å². The van der Waals surface area contributed by atoms with Crippen LogP contribution in [0.4, 0.5) is 10.3 Å². The Morgan fingerprint density at radius 3 is 2.67 bits per heavy atom. The summed E-state index contributed by atoms with van der Waals surface area (Å²) in [6.45, 7) is 2.60. The Balaban J connectivity index is 1.47. The first kappa shape index (κ1) is 15.0. The first-order valence-corrected chi connectivity index (χ1v) is 8.08. The van der Waals surface area contributed by atoms with Crippen LogP contribution in [0.2, 0.25) is 0 Å². The summed E-state index contributed by atoms with van der Waals surface area (Å²) in [6.07, 6.45) is 5.69. The second-order valence-corrected chi connectivity index (χ2v) is 6.45. The molecule has 2 fully saturated rings. The highest BCUT2D eigenvalue weighted by Gasteiger charge is 2.51. The minimum absolute atomic E-state index is 0.178. The van der Waals surface area contributed by atoms with Crippen LogP contribution in [0.3, 0.4) is 0 Å². The number of rotatable bonds is 3. The Bertz CT molecular complexity index is 738. The van der Waals surface area contributed by atoms with Gasteiger partial charge in [-0.2, -0.15) is 0 Å². The number of likely N-dealkylation sites (tertiary alicyclic amines) is 1. The molecule has 2 aromatic rings. The van der Waals surface area contributed by atoms with Gasteiger partial charge in [-0.3, -0.25) is 9.78 Å². The third-order valence-corrected chi connectivity index (χ3v) is 4.92. The van der Waals surface area contributed by atoms with E-state index in [4.69, 9.17) is 0 Å². The number of hydrogen-bond acceptors (Lipinski definition) is 5. The highest BCUT2D eigenvalue weighted by atomic mass is 19.1. The molecule has 124 valence electrons. The van der Waals surface area contributed by atoms with Crippen molar-refractivity contribution in [1.82, 2.24) is 19.9 Å². The summed E-state index contributed by atoms with van der Waals surface area (Å²) < 4.78 is 13.0. The molecular weight excluding hydrogens is 309 g/mol. The normalized spacial score (nSPS) is 23.5. The van der Waals surface area contributed by atoms with Gasteiger partial charge in [0.1, 0.15) is 0 Å². The minimum atomic E-state index is -0.453. The fraction of sp³-hybridized carbons (Fsp3) is 0.412. The van der Waals surface area contributed by atoms with Crippen LogP contribution in [0.15, 0.2) is 36.8 Å². The maximum atomic E-state index is 13.0. The molecule has 1 amide bonds. The van der Waals surface area contributed by atoms with Crippen molar-refractivity contribution in [2.24, 2.45) is 5.41 Å². The molecule has 7 heteroatoms. The largest absolute Gasteiger partial charge is 0.340 e. The van der Waals surface area contributed by atoms with Crippen LogP contribution in [-0.4, -0.2) is 45.4 Å². The van der Waals surface area contributed by atoms with Gasteiger partial charge in [-0.1, -0.05) is 6.07 Å². The fourth-order valence-electron chi connectivity index (χ4n) is 3.62. The molecule has 1 atom stereocenters. The molecule has 4 heterocycles. The van der Waals surface area contributed by atoms with Crippen molar-refractivity contribution < 1.29 is 9.18 Å². The monoisotopic (exact) mass is 327 g/mol. The van der Waals surface area contributed by atoms with Crippen molar-refractivity contribution in [3.8, 4) is 0 Å². The van der Waals surface area contributed by atoms with Crippen LogP contribution in [0.25, 0.3) is 0 Å². The number of nitrogens with zero attached hydrogens (tertiary/aromatic N) is 5. The van der Waals surface area contributed by atoms with Crippen molar-refractivity contribution >= 4 is 11.9 Å². The molecule has 0 aromatic carbocycles. The molecule has 24 heavy (non-hydrogen) atoms. The van der Waals surface area contributed by atoms with Crippen LogP contribution in [0.1, 0.15) is 18.5 Å². The summed E-state index contributed by atoms with van der Waals surface area (Å²) in [5.41, 5.74) is 0.534. The lowest BCUT2D eigenvalue weighted by Crippen LogP contribution is -2.37. The van der Waals surface area contributed by atoms with Crippen molar-refractivity contribution in [3.05, 3.63) is 48.3 Å². The molecule has 1 spiro atoms. The Labute approximate surface area is 139 Å². The smallest absolute Gasteiger partial charge is 0.231 e. The van der Waals surface area contributed by atoms with Crippen molar-refractivity contribution in [3.63, 3.8) is 0 Å². The van der Waals surface area contributed by atoms with E-state index >= 15 is 0 Å². The first-order valence-electron chi connectivity index (χ1n) is 8.08. The van der Waals surface area contributed by atoms with Gasteiger partial charge in [0, 0.05) is 25.8 Å². The Morgan fingerprint density at radius 1 is 1.12 bits per heavy atom. The first-order chi connectivity index (χ1) is 11.7. The highest BCUT2D eigenvalue weighted by Crippen LogP contribution is 2.41. The second kappa shape index (κ2) is 5.81. The summed E-state index contributed by atoms with van der Waals surface area (Å²) in [5, 5.41) is 0. The zero-order valence-corrected chi connectivity index (χ0v) is 13.2. The quantitative estimate of drug-likeness (QED) is 0.858. The second-order valence-electron chi connectivity index (χ2n) is 6.45. The van der Waals surface area contributed by atoms with E-state index in [0.29, 0.717) is 19.0 Å². The fourth-order valence-corrected chi connectivity index (χ4v) is 3.62. The summed E-state index contributed by atoms with van der Waals surface area (Å²) in [5.74, 6) is 0.216. The lowest BCUT2D eigenvalue weighted by Gasteiger charge is -2.23. The average molecular weight is 327 g/mol. The molecule has 2 saturated heterocycles. The van der Waals surface area contributed by atoms with E-state index < -0.39 is 5.82 Å². The maximum absolute atomic E-state index is 13.0. The minimum Gasteiger partial charge on any atom is -0.340 e. The third-order valence-electron chi connectivity index (χ3n) is 4.92. The number of aromatic nitrogens is 3. The van der Waals surface area contributed by atoms with Gasteiger partial charge >= 0.3 is 0 Å². The Morgan fingerprint density at radius 2 is 1.92 bits per heavy atom. The van der Waals surface area contributed by atoms with E-state index in [-0.39, 0.29) is 11.3 Å². The van der Waals surface area contributed by atoms with Crippen molar-refractivity contribution in [2.45, 2.75) is 19.4 Å². The van der Waals surface area contributed by atoms with Crippen LogP contribution in [0.5, 0.6) is 0 Å². The third kappa shape index (κ3) is 2.60. The van der Waals surface area contributed by atoms with Gasteiger partial charge in [-0.15, -0.1) is 0 Å². The van der Waals surface area contributed by atoms with Gasteiger partial charge < -0.3 is 9.80 Å². The van der Waals surface area contributed by atoms with E-state index in [1.54, 1.807) is 6.20 Å². The average Bonchev–Trinajstić information content (AvgIpc) is 3.17. The zero-order chi connectivity index (χ0) is 16.6. The SMILES string of the molecule is O=C1N(Cc2ccccn2)CC[C@]12CCN(c1ncc(F)cn1)C2. The predicted octanol–water partition coefficient (Wildman–Crippen LogP) is 1.64. The number of amides is 1. The topological polar surface area (TPSA) is 62.2 Å². The summed E-state index contributed by atoms with van der Waals surface area (Å²) in [7, 11) is 0. The number of hydrogen-bond donors (Lipinski definition) is 0. The van der Waals surface area contributed by atoms with Crippen molar-refractivity contribution in [2.75, 3.05) is 24.5 Å². The van der Waals surface area contributed by atoms with E-state index in [1.165, 1.54) is 0 Å². The van der Waals surface area contributed by atoms with Crippen molar-refractivity contribution in [1.29, 1.82) is 0 Å². The number of pyridine rings is 1. The summed E-state index contributed by atoms with van der Waals surface area (Å²) >= 11 is 0. The van der Waals surface area contributed by atoms with Gasteiger partial charge in [0.2, 0.25) is 11.9 Å². The molecule has 2 aliphatic rings. The predicted molar refractivity (Wildman–Crippen MR) is 85.5 cm³/mol. The van der Waals surface area contributed by atoms with Gasteiger partial charge in [0.15, 0.2) is 5.82 Å². The van der Waals surface area contributed by atoms with E-state index in [1.807, 2.05) is 28.0 Å². The Hall–Kier alpha value is -2.57. The number of halogens is 1. The Kier molecular flexibility index (Phi) is 3.63. The van der Waals surface area contributed by atoms with E-state index in [9.17, 15) is 9.18 Å².